The zero-order valence-corrected chi connectivity index (χ0v) is 27.2. The maximum atomic E-state index is 13.9. The summed E-state index contributed by atoms with van der Waals surface area (Å²) in [5, 5.41) is 16.2. The molecule has 0 saturated carbocycles. The van der Waals surface area contributed by atoms with Crippen LogP contribution in [0.5, 0.6) is 0 Å². The topological polar surface area (TPSA) is 149 Å². The average molecular weight is 632 g/mol. The molecule has 0 fully saturated rings. The minimum atomic E-state index is -0.438. The predicted octanol–water partition coefficient (Wildman–Crippen LogP) is 3.42. The molecule has 0 radical (unpaired) electrons. The highest BCUT2D eigenvalue weighted by atomic mass is 16.3. The van der Waals surface area contributed by atoms with Gasteiger partial charge in [0, 0.05) is 51.3 Å². The predicted molar refractivity (Wildman–Crippen MR) is 183 cm³/mol. The van der Waals surface area contributed by atoms with Crippen LogP contribution in [-0.2, 0) is 37.3 Å². The summed E-state index contributed by atoms with van der Waals surface area (Å²) in [6.07, 6.45) is 5.04. The lowest BCUT2D eigenvalue weighted by atomic mass is 10.1. The number of aromatic nitrogens is 4. The number of aliphatic hydroxyl groups is 1. The lowest BCUT2D eigenvalue weighted by molar-refractivity contribution is -0.116. The number of unbranched alkanes of at least 4 members (excludes halogenated alkanes) is 2. The van der Waals surface area contributed by atoms with Crippen LogP contribution in [0.15, 0.2) is 64.2 Å². The van der Waals surface area contributed by atoms with E-state index >= 15 is 0 Å². The first-order valence-electron chi connectivity index (χ1n) is 16.6. The van der Waals surface area contributed by atoms with Gasteiger partial charge in [0.15, 0.2) is 11.2 Å². The Bertz CT molecular complexity index is 1660. The summed E-state index contributed by atoms with van der Waals surface area (Å²) in [5.41, 5.74) is 8.42. The number of anilines is 1. The molecule has 0 saturated heterocycles. The molecule has 1 amide bonds. The largest absolute Gasteiger partial charge is 0.392 e. The second kappa shape index (κ2) is 17.6. The van der Waals surface area contributed by atoms with Crippen LogP contribution >= 0.6 is 0 Å². The standard InChI is InChI=1S/C35H49N7O4/c1-3-21-42-34(45)32-33(39-30(24-27-11-7-5-8-12-27)40(32)23-20-37-25-29(43)4-2)41(35(42)46)22-18-26-14-16-28(17-15-26)38-31(44)13-9-6-10-19-36/h5,7-8,11-12,14-17,29,37,43H,3-4,6,9-10,13,18-25,36H2,1-2H3,(H,38,44). The van der Waals surface area contributed by atoms with Gasteiger partial charge in [-0.25, -0.2) is 9.78 Å². The first kappa shape index (κ1) is 34.8. The van der Waals surface area contributed by atoms with Crippen molar-refractivity contribution in [2.45, 2.75) is 91.0 Å². The molecule has 11 heteroatoms. The van der Waals surface area contributed by atoms with Crippen molar-refractivity contribution in [1.82, 2.24) is 24.0 Å². The van der Waals surface area contributed by atoms with Crippen LogP contribution in [0.25, 0.3) is 11.2 Å². The molecule has 0 aliphatic rings. The number of hydrogen-bond acceptors (Lipinski definition) is 7. The molecule has 5 N–H and O–H groups in total. The van der Waals surface area contributed by atoms with E-state index in [1.807, 2.05) is 73.0 Å². The van der Waals surface area contributed by atoms with E-state index in [-0.39, 0.29) is 17.2 Å². The van der Waals surface area contributed by atoms with Crippen LogP contribution in [0, 0.1) is 0 Å². The van der Waals surface area contributed by atoms with Crippen molar-refractivity contribution in [2.75, 3.05) is 25.0 Å². The van der Waals surface area contributed by atoms with E-state index in [0.29, 0.717) is 88.4 Å². The number of hydrogen-bond donors (Lipinski definition) is 4. The third kappa shape index (κ3) is 9.24. The molecule has 4 aromatic rings. The molecular formula is C35H49N7O4. The van der Waals surface area contributed by atoms with Crippen LogP contribution in [-0.4, -0.2) is 55.4 Å². The van der Waals surface area contributed by atoms with Gasteiger partial charge in [-0.05, 0) is 61.9 Å². The molecule has 2 aromatic heterocycles. The highest BCUT2D eigenvalue weighted by molar-refractivity contribution is 5.90. The lowest BCUT2D eigenvalue weighted by Gasteiger charge is -2.14. The molecule has 4 rings (SSSR count). The molecule has 0 spiro atoms. The van der Waals surface area contributed by atoms with Gasteiger partial charge >= 0.3 is 5.69 Å². The smallest absolute Gasteiger partial charge is 0.332 e. The van der Waals surface area contributed by atoms with Gasteiger partial charge in [0.2, 0.25) is 5.91 Å². The molecule has 0 bridgehead atoms. The van der Waals surface area contributed by atoms with Crippen LogP contribution in [0.4, 0.5) is 5.69 Å². The fourth-order valence-electron chi connectivity index (χ4n) is 5.54. The molecule has 0 aliphatic heterocycles. The number of nitrogens with one attached hydrogen (secondary N) is 2. The zero-order chi connectivity index (χ0) is 32.9. The highest BCUT2D eigenvalue weighted by Crippen LogP contribution is 2.17. The van der Waals surface area contributed by atoms with E-state index in [9.17, 15) is 19.5 Å². The highest BCUT2D eigenvalue weighted by Gasteiger charge is 2.22. The molecule has 1 atom stereocenters. The SMILES string of the molecule is CCCn1c(=O)c2c(nc(Cc3ccccc3)n2CCNCC(O)CC)n(CCc2ccc(NC(=O)CCCCCN)cc2)c1=O. The first-order valence-corrected chi connectivity index (χ1v) is 16.6. The summed E-state index contributed by atoms with van der Waals surface area (Å²) >= 11 is 0. The minimum Gasteiger partial charge on any atom is -0.392 e. The molecule has 46 heavy (non-hydrogen) atoms. The van der Waals surface area contributed by atoms with Gasteiger partial charge in [-0.3, -0.25) is 18.7 Å². The van der Waals surface area contributed by atoms with Crippen molar-refractivity contribution in [1.29, 1.82) is 0 Å². The fourth-order valence-corrected chi connectivity index (χ4v) is 5.54. The van der Waals surface area contributed by atoms with Crippen LogP contribution < -0.4 is 27.6 Å². The average Bonchev–Trinajstić information content (AvgIpc) is 3.41. The number of carbonyl (C=O) groups excluding carboxylic acids is 1. The van der Waals surface area contributed by atoms with Crippen molar-refractivity contribution in [2.24, 2.45) is 5.73 Å². The van der Waals surface area contributed by atoms with Crippen molar-refractivity contribution in [3.8, 4) is 0 Å². The molecule has 0 aliphatic carbocycles. The van der Waals surface area contributed by atoms with E-state index < -0.39 is 6.10 Å². The second-order valence-electron chi connectivity index (χ2n) is 11.8. The van der Waals surface area contributed by atoms with Gasteiger partial charge in [0.05, 0.1) is 6.10 Å². The van der Waals surface area contributed by atoms with E-state index in [1.54, 1.807) is 4.57 Å². The maximum Gasteiger partial charge on any atom is 0.332 e. The quantitative estimate of drug-likeness (QED) is 0.116. The number of nitrogens with zero attached hydrogens (tertiary/aromatic N) is 4. The van der Waals surface area contributed by atoms with E-state index in [1.165, 1.54) is 4.57 Å². The Hall–Kier alpha value is -4.06. The zero-order valence-electron chi connectivity index (χ0n) is 27.2. The Morgan fingerprint density at radius 2 is 1.67 bits per heavy atom. The van der Waals surface area contributed by atoms with Gasteiger partial charge in [0.1, 0.15) is 5.82 Å². The number of fused-ring (bicyclic) bond motifs is 1. The third-order valence-electron chi connectivity index (χ3n) is 8.18. The third-order valence-corrected chi connectivity index (χ3v) is 8.18. The monoisotopic (exact) mass is 631 g/mol. The van der Waals surface area contributed by atoms with Gasteiger partial charge in [-0.1, -0.05) is 62.7 Å². The number of amides is 1. The number of nitrogens with two attached hydrogens (primary N) is 1. The molecule has 1 unspecified atom stereocenters. The van der Waals surface area contributed by atoms with Gasteiger partial charge in [-0.15, -0.1) is 0 Å². The van der Waals surface area contributed by atoms with E-state index in [4.69, 9.17) is 10.7 Å². The van der Waals surface area contributed by atoms with Crippen molar-refractivity contribution in [3.05, 3.63) is 92.4 Å². The summed E-state index contributed by atoms with van der Waals surface area (Å²) in [4.78, 5) is 44.8. The van der Waals surface area contributed by atoms with Crippen molar-refractivity contribution < 1.29 is 9.90 Å². The minimum absolute atomic E-state index is 0.0180. The molecule has 11 nitrogen and oxygen atoms in total. The van der Waals surface area contributed by atoms with Gasteiger partial charge in [-0.2, -0.15) is 0 Å². The molecule has 2 aromatic carbocycles. The van der Waals surface area contributed by atoms with E-state index in [0.717, 1.165) is 36.1 Å². The van der Waals surface area contributed by atoms with Gasteiger partial charge < -0.3 is 26.0 Å². The van der Waals surface area contributed by atoms with Gasteiger partial charge in [0.25, 0.3) is 5.56 Å². The normalized spacial score (nSPS) is 12.1. The number of aliphatic hydroxyl groups excluding tert-OH is 1. The molecular weight excluding hydrogens is 582 g/mol. The fraction of sp³-hybridized carbons (Fsp3) is 0.486. The van der Waals surface area contributed by atoms with Crippen molar-refractivity contribution in [3.63, 3.8) is 0 Å². The summed E-state index contributed by atoms with van der Waals surface area (Å²) in [6.45, 7) is 6.63. The lowest BCUT2D eigenvalue weighted by Crippen LogP contribution is -2.41. The number of imidazole rings is 1. The second-order valence-corrected chi connectivity index (χ2v) is 11.8. The Labute approximate surface area is 270 Å². The Morgan fingerprint density at radius 1 is 0.913 bits per heavy atom. The Kier molecular flexibility index (Phi) is 13.3. The maximum absolute atomic E-state index is 13.9. The number of rotatable bonds is 19. The Balaban J connectivity index is 1.62. The van der Waals surface area contributed by atoms with Crippen LogP contribution in [0.1, 0.15) is 69.3 Å². The number of benzene rings is 2. The van der Waals surface area contributed by atoms with Crippen molar-refractivity contribution >= 4 is 22.8 Å². The van der Waals surface area contributed by atoms with E-state index in [2.05, 4.69) is 10.6 Å². The summed E-state index contributed by atoms with van der Waals surface area (Å²) < 4.78 is 4.89. The molecule has 248 valence electrons. The first-order chi connectivity index (χ1) is 22.4. The number of carbonyl (C=O) groups is 1. The Morgan fingerprint density at radius 3 is 2.37 bits per heavy atom. The summed E-state index contributed by atoms with van der Waals surface area (Å²) in [6, 6.07) is 17.6. The summed E-state index contributed by atoms with van der Waals surface area (Å²) in [5.74, 6) is 0.692. The van der Waals surface area contributed by atoms with Crippen LogP contribution in [0.3, 0.4) is 0 Å². The summed E-state index contributed by atoms with van der Waals surface area (Å²) in [7, 11) is 0. The van der Waals surface area contributed by atoms with Crippen LogP contribution in [0.2, 0.25) is 0 Å². The molecule has 2 heterocycles. The number of aryl methyl sites for hydroxylation is 2.